The van der Waals surface area contributed by atoms with Crippen LogP contribution in [-0.2, 0) is 16.0 Å². The number of amides is 2. The van der Waals surface area contributed by atoms with Crippen LogP contribution in [0.15, 0.2) is 24.3 Å². The fourth-order valence-corrected chi connectivity index (χ4v) is 2.40. The number of carbonyl (C=O) groups excluding carboxylic acids is 2. The van der Waals surface area contributed by atoms with E-state index in [0.717, 1.165) is 5.56 Å². The minimum atomic E-state index is -4.54. The lowest BCUT2D eigenvalue weighted by Crippen LogP contribution is -2.49. The van der Waals surface area contributed by atoms with Crippen molar-refractivity contribution in [2.24, 2.45) is 5.73 Å². The SMILES string of the molecule is CC[C@H](N)C(=O)N1c2ccccc2C[C@@H]1OC(=O)NCC(F)(F)F. The molecule has 3 N–H and O–H groups in total. The predicted octanol–water partition coefficient (Wildman–Crippen LogP) is 1.93. The van der Waals surface area contributed by atoms with Crippen molar-refractivity contribution in [1.82, 2.24) is 5.32 Å². The Morgan fingerprint density at radius 2 is 2.08 bits per heavy atom. The number of nitrogens with one attached hydrogen (secondary N) is 1. The van der Waals surface area contributed by atoms with Crippen molar-refractivity contribution in [2.45, 2.75) is 38.2 Å². The van der Waals surface area contributed by atoms with E-state index in [0.29, 0.717) is 12.1 Å². The largest absolute Gasteiger partial charge is 0.425 e. The molecule has 0 aliphatic carbocycles. The molecular weight excluding hydrogens is 327 g/mol. The molecular formula is C15H18F3N3O3. The minimum Gasteiger partial charge on any atom is -0.425 e. The Bertz CT molecular complexity index is 621. The fourth-order valence-electron chi connectivity index (χ4n) is 2.40. The normalized spacial score (nSPS) is 18.0. The number of hydrogen-bond donors (Lipinski definition) is 2. The van der Waals surface area contributed by atoms with Crippen LogP contribution in [0.2, 0.25) is 0 Å². The smallest absolute Gasteiger partial charge is 0.409 e. The number of anilines is 1. The predicted molar refractivity (Wildman–Crippen MR) is 80.2 cm³/mol. The second-order valence-electron chi connectivity index (χ2n) is 5.38. The van der Waals surface area contributed by atoms with E-state index in [2.05, 4.69) is 0 Å². The van der Waals surface area contributed by atoms with E-state index in [9.17, 15) is 22.8 Å². The van der Waals surface area contributed by atoms with Gasteiger partial charge in [0.15, 0.2) is 6.23 Å². The fraction of sp³-hybridized carbons (Fsp3) is 0.467. The summed E-state index contributed by atoms with van der Waals surface area (Å²) < 4.78 is 41.5. The molecule has 2 atom stereocenters. The number of carbonyl (C=O) groups is 2. The molecule has 0 unspecified atom stereocenters. The highest BCUT2D eigenvalue weighted by molar-refractivity contribution is 5.99. The quantitative estimate of drug-likeness (QED) is 0.873. The van der Waals surface area contributed by atoms with Gasteiger partial charge in [0.2, 0.25) is 5.91 Å². The van der Waals surface area contributed by atoms with E-state index in [1.54, 1.807) is 36.5 Å². The van der Waals surface area contributed by atoms with Crippen molar-refractivity contribution >= 4 is 17.7 Å². The van der Waals surface area contributed by atoms with Gasteiger partial charge in [-0.2, -0.15) is 13.2 Å². The lowest BCUT2D eigenvalue weighted by atomic mass is 10.1. The number of alkyl carbamates (subject to hydrolysis) is 1. The molecule has 0 saturated carbocycles. The summed E-state index contributed by atoms with van der Waals surface area (Å²) in [4.78, 5) is 25.3. The highest BCUT2D eigenvalue weighted by Crippen LogP contribution is 2.33. The van der Waals surface area contributed by atoms with Crippen molar-refractivity contribution in [3.8, 4) is 0 Å². The maximum absolute atomic E-state index is 12.5. The van der Waals surface area contributed by atoms with Gasteiger partial charge in [-0.3, -0.25) is 9.69 Å². The summed E-state index contributed by atoms with van der Waals surface area (Å²) >= 11 is 0. The molecule has 0 radical (unpaired) electrons. The van der Waals surface area contributed by atoms with Crippen molar-refractivity contribution in [1.29, 1.82) is 0 Å². The number of fused-ring (bicyclic) bond motifs is 1. The first kappa shape index (κ1) is 18.1. The first-order valence-corrected chi connectivity index (χ1v) is 7.40. The number of alkyl halides is 3. The lowest BCUT2D eigenvalue weighted by Gasteiger charge is -2.27. The molecule has 0 fully saturated rings. The van der Waals surface area contributed by atoms with Crippen LogP contribution in [0.5, 0.6) is 0 Å². The van der Waals surface area contributed by atoms with Gasteiger partial charge in [0.1, 0.15) is 6.54 Å². The Morgan fingerprint density at radius 3 is 2.71 bits per heavy atom. The highest BCUT2D eigenvalue weighted by Gasteiger charge is 2.38. The van der Waals surface area contributed by atoms with E-state index >= 15 is 0 Å². The summed E-state index contributed by atoms with van der Waals surface area (Å²) in [6.45, 7) is 0.227. The van der Waals surface area contributed by atoms with Gasteiger partial charge in [-0.25, -0.2) is 4.79 Å². The van der Waals surface area contributed by atoms with Crippen molar-refractivity contribution in [3.05, 3.63) is 29.8 Å². The summed E-state index contributed by atoms with van der Waals surface area (Å²) in [5.74, 6) is -0.448. The zero-order valence-electron chi connectivity index (χ0n) is 13.0. The number of nitrogens with zero attached hydrogens (tertiary/aromatic N) is 1. The van der Waals surface area contributed by atoms with Crippen molar-refractivity contribution < 1.29 is 27.5 Å². The van der Waals surface area contributed by atoms with Gasteiger partial charge >= 0.3 is 12.3 Å². The van der Waals surface area contributed by atoms with E-state index in [-0.39, 0.29) is 6.42 Å². The number of para-hydroxylation sites is 1. The molecule has 2 rings (SSSR count). The number of halogens is 3. The van der Waals surface area contributed by atoms with Crippen LogP contribution in [0.1, 0.15) is 18.9 Å². The summed E-state index contributed by atoms with van der Waals surface area (Å²) in [5, 5.41) is 1.62. The molecule has 1 aromatic carbocycles. The first-order valence-electron chi connectivity index (χ1n) is 7.40. The van der Waals surface area contributed by atoms with Gasteiger partial charge in [-0.05, 0) is 18.1 Å². The summed E-state index contributed by atoms with van der Waals surface area (Å²) in [5.41, 5.74) is 7.06. The third-order valence-electron chi connectivity index (χ3n) is 3.60. The molecule has 9 heteroatoms. The molecule has 1 heterocycles. The van der Waals surface area contributed by atoms with Crippen molar-refractivity contribution in [3.63, 3.8) is 0 Å². The topological polar surface area (TPSA) is 84.7 Å². The Morgan fingerprint density at radius 1 is 1.42 bits per heavy atom. The average molecular weight is 345 g/mol. The molecule has 0 spiro atoms. The Labute approximate surface area is 136 Å². The van der Waals surface area contributed by atoms with Crippen LogP contribution < -0.4 is 16.0 Å². The molecule has 132 valence electrons. The summed E-state index contributed by atoms with van der Waals surface area (Å²) in [6.07, 6.45) is -6.24. The van der Waals surface area contributed by atoms with E-state index in [4.69, 9.17) is 10.5 Å². The zero-order valence-corrected chi connectivity index (χ0v) is 13.0. The molecule has 0 bridgehead atoms. The highest BCUT2D eigenvalue weighted by atomic mass is 19.4. The molecule has 0 saturated heterocycles. The maximum atomic E-state index is 12.5. The van der Waals surface area contributed by atoms with Gasteiger partial charge in [0.25, 0.3) is 0 Å². The number of hydrogen-bond acceptors (Lipinski definition) is 4. The van der Waals surface area contributed by atoms with Crippen LogP contribution in [0.25, 0.3) is 0 Å². The van der Waals surface area contributed by atoms with Crippen LogP contribution in [-0.4, -0.2) is 37.0 Å². The Hall–Kier alpha value is -2.29. The van der Waals surface area contributed by atoms with E-state index in [1.165, 1.54) is 4.90 Å². The van der Waals surface area contributed by atoms with Crippen molar-refractivity contribution in [2.75, 3.05) is 11.4 Å². The van der Waals surface area contributed by atoms with Gasteiger partial charge in [-0.15, -0.1) is 0 Å². The summed E-state index contributed by atoms with van der Waals surface area (Å²) in [7, 11) is 0. The second kappa shape index (κ2) is 7.08. The number of benzene rings is 1. The van der Waals surface area contributed by atoms with Crippen LogP contribution in [0.4, 0.5) is 23.7 Å². The van der Waals surface area contributed by atoms with Gasteiger partial charge in [0, 0.05) is 6.42 Å². The standard InChI is InChI=1S/C15H18F3N3O3/c1-2-10(19)13(22)21-11-6-4-3-5-9(11)7-12(21)24-14(23)20-8-15(16,17)18/h3-6,10,12H,2,7-8,19H2,1H3,(H,20,23)/t10-,12-/m0/s1. The van der Waals surface area contributed by atoms with E-state index < -0.39 is 37.0 Å². The van der Waals surface area contributed by atoms with Crippen LogP contribution in [0, 0.1) is 0 Å². The third-order valence-corrected chi connectivity index (χ3v) is 3.60. The molecule has 2 amide bonds. The molecule has 1 aliphatic rings. The maximum Gasteiger partial charge on any atom is 0.409 e. The Kier molecular flexibility index (Phi) is 5.33. The monoisotopic (exact) mass is 345 g/mol. The molecule has 1 aromatic rings. The minimum absolute atomic E-state index is 0.192. The van der Waals surface area contributed by atoms with Gasteiger partial charge in [-0.1, -0.05) is 25.1 Å². The number of ether oxygens (including phenoxy) is 1. The van der Waals surface area contributed by atoms with Gasteiger partial charge < -0.3 is 15.8 Å². The third kappa shape index (κ3) is 4.16. The van der Waals surface area contributed by atoms with Gasteiger partial charge in [0.05, 0.1) is 11.7 Å². The number of rotatable bonds is 4. The molecule has 0 aromatic heterocycles. The molecule has 6 nitrogen and oxygen atoms in total. The van der Waals surface area contributed by atoms with Crippen LogP contribution >= 0.6 is 0 Å². The van der Waals surface area contributed by atoms with E-state index in [1.807, 2.05) is 0 Å². The molecule has 1 aliphatic heterocycles. The van der Waals surface area contributed by atoms with Crippen LogP contribution in [0.3, 0.4) is 0 Å². The lowest BCUT2D eigenvalue weighted by molar-refractivity contribution is -0.125. The zero-order chi connectivity index (χ0) is 17.9. The molecule has 24 heavy (non-hydrogen) atoms. The Balaban J connectivity index is 2.14. The number of nitrogens with two attached hydrogens (primary N) is 1. The average Bonchev–Trinajstić information content (AvgIpc) is 2.88. The first-order chi connectivity index (χ1) is 11.2. The second-order valence-corrected chi connectivity index (χ2v) is 5.38. The summed E-state index contributed by atoms with van der Waals surface area (Å²) in [6, 6.07) is 6.10.